The van der Waals surface area contributed by atoms with Crippen LogP contribution in [0.25, 0.3) is 0 Å². The predicted molar refractivity (Wildman–Crippen MR) is 78.8 cm³/mol. The van der Waals surface area contributed by atoms with Crippen LogP contribution >= 0.6 is 0 Å². The molecule has 6 nitrogen and oxygen atoms in total. The summed E-state index contributed by atoms with van der Waals surface area (Å²) in [6.07, 6.45) is 3.10. The molecule has 0 saturated carbocycles. The van der Waals surface area contributed by atoms with E-state index in [-0.39, 0.29) is 16.9 Å². The van der Waals surface area contributed by atoms with Crippen LogP contribution in [0.2, 0.25) is 0 Å². The number of benzene rings is 1. The monoisotopic (exact) mass is 318 g/mol. The number of carbonyl (C=O) groups is 2. The summed E-state index contributed by atoms with van der Waals surface area (Å²) < 4.78 is 19.0. The highest BCUT2D eigenvalue weighted by atomic mass is 19.1. The zero-order valence-corrected chi connectivity index (χ0v) is 12.3. The zero-order chi connectivity index (χ0) is 16.4. The second kappa shape index (κ2) is 6.20. The van der Waals surface area contributed by atoms with Gasteiger partial charge in [-0.1, -0.05) is 11.2 Å². The van der Waals surface area contributed by atoms with Crippen LogP contribution in [0.4, 0.5) is 10.1 Å². The van der Waals surface area contributed by atoms with Gasteiger partial charge < -0.3 is 14.9 Å². The molecule has 120 valence electrons. The van der Waals surface area contributed by atoms with Crippen molar-refractivity contribution in [1.82, 2.24) is 5.16 Å². The SMILES string of the molecule is O=C(O)Cc1ccc(NC(=O)c2noc3c2CCCC3)cc1F. The normalized spacial score (nSPS) is 13.4. The summed E-state index contributed by atoms with van der Waals surface area (Å²) in [4.78, 5) is 22.9. The number of carbonyl (C=O) groups excluding carboxylic acids is 1. The minimum absolute atomic E-state index is 0.0642. The molecule has 0 aliphatic heterocycles. The number of nitrogens with one attached hydrogen (secondary N) is 1. The Labute approximate surface area is 131 Å². The summed E-state index contributed by atoms with van der Waals surface area (Å²) in [6, 6.07) is 3.91. The van der Waals surface area contributed by atoms with Gasteiger partial charge in [-0.25, -0.2) is 4.39 Å². The first-order valence-corrected chi connectivity index (χ1v) is 7.33. The van der Waals surface area contributed by atoms with Gasteiger partial charge in [0.25, 0.3) is 5.91 Å². The summed E-state index contributed by atoms with van der Waals surface area (Å²) in [7, 11) is 0. The number of anilines is 1. The molecule has 7 heteroatoms. The molecule has 1 amide bonds. The number of rotatable bonds is 4. The van der Waals surface area contributed by atoms with E-state index in [4.69, 9.17) is 9.63 Å². The molecule has 3 rings (SSSR count). The van der Waals surface area contributed by atoms with Crippen molar-refractivity contribution in [1.29, 1.82) is 0 Å². The Kier molecular flexibility index (Phi) is 4.10. The minimum Gasteiger partial charge on any atom is -0.481 e. The maximum atomic E-state index is 13.8. The number of carboxylic acids is 1. The molecule has 0 saturated heterocycles. The van der Waals surface area contributed by atoms with Crippen LogP contribution in [-0.4, -0.2) is 22.1 Å². The number of fused-ring (bicyclic) bond motifs is 1. The van der Waals surface area contributed by atoms with E-state index in [1.54, 1.807) is 0 Å². The number of amides is 1. The third-order valence-corrected chi connectivity index (χ3v) is 3.82. The molecule has 0 radical (unpaired) electrons. The van der Waals surface area contributed by atoms with Gasteiger partial charge in [-0.3, -0.25) is 9.59 Å². The number of aromatic nitrogens is 1. The highest BCUT2D eigenvalue weighted by Crippen LogP contribution is 2.25. The molecule has 1 aliphatic rings. The van der Waals surface area contributed by atoms with E-state index >= 15 is 0 Å². The second-order valence-electron chi connectivity index (χ2n) is 5.47. The van der Waals surface area contributed by atoms with Crippen LogP contribution in [-0.2, 0) is 24.1 Å². The van der Waals surface area contributed by atoms with E-state index in [2.05, 4.69) is 10.5 Å². The van der Waals surface area contributed by atoms with Crippen molar-refractivity contribution < 1.29 is 23.6 Å². The van der Waals surface area contributed by atoms with Crippen molar-refractivity contribution in [2.75, 3.05) is 5.32 Å². The van der Waals surface area contributed by atoms with E-state index in [1.807, 2.05) is 0 Å². The van der Waals surface area contributed by atoms with Gasteiger partial charge in [-0.05, 0) is 37.0 Å². The smallest absolute Gasteiger partial charge is 0.307 e. The third kappa shape index (κ3) is 3.23. The maximum Gasteiger partial charge on any atom is 0.307 e. The average Bonchev–Trinajstić information content (AvgIpc) is 2.94. The molecular weight excluding hydrogens is 303 g/mol. The molecule has 1 aromatic carbocycles. The molecule has 0 fully saturated rings. The molecule has 1 heterocycles. The quantitative estimate of drug-likeness (QED) is 0.904. The van der Waals surface area contributed by atoms with E-state index in [9.17, 15) is 14.0 Å². The molecule has 0 unspecified atom stereocenters. The lowest BCUT2D eigenvalue weighted by Gasteiger charge is -2.10. The van der Waals surface area contributed by atoms with Gasteiger partial charge in [-0.15, -0.1) is 0 Å². The lowest BCUT2D eigenvalue weighted by atomic mass is 9.96. The summed E-state index contributed by atoms with van der Waals surface area (Å²) in [5, 5.41) is 15.1. The number of aliphatic carboxylic acids is 1. The van der Waals surface area contributed by atoms with Crippen LogP contribution in [0.3, 0.4) is 0 Å². The molecule has 1 aromatic heterocycles. The standard InChI is InChI=1S/C16H15FN2O4/c17-12-8-10(6-5-9(12)7-14(20)21)18-16(22)15-11-3-1-2-4-13(11)23-19-15/h5-6,8H,1-4,7H2,(H,18,22)(H,20,21). The first-order chi connectivity index (χ1) is 11.0. The summed E-state index contributed by atoms with van der Waals surface area (Å²) >= 11 is 0. The summed E-state index contributed by atoms with van der Waals surface area (Å²) in [6.45, 7) is 0. The first-order valence-electron chi connectivity index (χ1n) is 7.33. The lowest BCUT2D eigenvalue weighted by molar-refractivity contribution is -0.136. The minimum atomic E-state index is -1.12. The maximum absolute atomic E-state index is 13.8. The van der Waals surface area contributed by atoms with Gasteiger partial charge >= 0.3 is 5.97 Å². The molecule has 1 aliphatic carbocycles. The third-order valence-electron chi connectivity index (χ3n) is 3.82. The Morgan fingerprint density at radius 2 is 2.09 bits per heavy atom. The number of carboxylic acid groups (broad SMARTS) is 1. The average molecular weight is 318 g/mol. The van der Waals surface area contributed by atoms with E-state index < -0.39 is 24.1 Å². The van der Waals surface area contributed by atoms with Gasteiger partial charge in [0.2, 0.25) is 0 Å². The Hall–Kier alpha value is -2.70. The second-order valence-corrected chi connectivity index (χ2v) is 5.47. The zero-order valence-electron chi connectivity index (χ0n) is 12.3. The van der Waals surface area contributed by atoms with Gasteiger partial charge in [0.15, 0.2) is 5.69 Å². The van der Waals surface area contributed by atoms with Crippen LogP contribution in [0.5, 0.6) is 0 Å². The highest BCUT2D eigenvalue weighted by Gasteiger charge is 2.24. The van der Waals surface area contributed by atoms with Crippen molar-refractivity contribution >= 4 is 17.6 Å². The molecule has 0 spiro atoms. The van der Waals surface area contributed by atoms with Crippen molar-refractivity contribution in [2.45, 2.75) is 32.1 Å². The molecular formula is C16H15FN2O4. The number of hydrogen-bond donors (Lipinski definition) is 2. The predicted octanol–water partition coefficient (Wildman–Crippen LogP) is 2.57. The number of hydrogen-bond acceptors (Lipinski definition) is 4. The Balaban J connectivity index is 1.77. The molecule has 0 bridgehead atoms. The largest absolute Gasteiger partial charge is 0.481 e. The fourth-order valence-corrected chi connectivity index (χ4v) is 2.68. The summed E-state index contributed by atoms with van der Waals surface area (Å²) in [5.74, 6) is -1.51. The summed E-state index contributed by atoms with van der Waals surface area (Å²) in [5.41, 5.74) is 1.36. The molecule has 2 aromatic rings. The van der Waals surface area contributed by atoms with Crippen molar-refractivity contribution in [3.8, 4) is 0 Å². The lowest BCUT2D eigenvalue weighted by Crippen LogP contribution is -2.16. The van der Waals surface area contributed by atoms with E-state index in [1.165, 1.54) is 12.1 Å². The molecule has 23 heavy (non-hydrogen) atoms. The number of halogens is 1. The van der Waals surface area contributed by atoms with Crippen LogP contribution in [0.15, 0.2) is 22.7 Å². The van der Waals surface area contributed by atoms with Crippen molar-refractivity contribution in [3.05, 3.63) is 46.6 Å². The van der Waals surface area contributed by atoms with Crippen LogP contribution in [0, 0.1) is 5.82 Å². The van der Waals surface area contributed by atoms with E-state index in [0.717, 1.165) is 43.1 Å². The van der Waals surface area contributed by atoms with Crippen molar-refractivity contribution in [3.63, 3.8) is 0 Å². The fraction of sp³-hybridized carbons (Fsp3) is 0.312. The topological polar surface area (TPSA) is 92.4 Å². The van der Waals surface area contributed by atoms with Crippen molar-refractivity contribution in [2.24, 2.45) is 0 Å². The first kappa shape index (κ1) is 15.2. The van der Waals surface area contributed by atoms with Crippen LogP contribution in [0.1, 0.15) is 40.2 Å². The Bertz CT molecular complexity index is 769. The van der Waals surface area contributed by atoms with E-state index in [0.29, 0.717) is 0 Å². The van der Waals surface area contributed by atoms with Gasteiger partial charge in [0.05, 0.1) is 6.42 Å². The Morgan fingerprint density at radius 1 is 1.30 bits per heavy atom. The molecule has 2 N–H and O–H groups in total. The number of nitrogens with zero attached hydrogens (tertiary/aromatic N) is 1. The Morgan fingerprint density at radius 3 is 2.83 bits per heavy atom. The highest BCUT2D eigenvalue weighted by molar-refractivity contribution is 6.04. The number of aryl methyl sites for hydroxylation is 1. The molecule has 0 atom stereocenters. The van der Waals surface area contributed by atoms with Gasteiger partial charge in [0.1, 0.15) is 11.6 Å². The van der Waals surface area contributed by atoms with Gasteiger partial charge in [0, 0.05) is 17.7 Å². The fourth-order valence-electron chi connectivity index (χ4n) is 2.68. The van der Waals surface area contributed by atoms with Crippen LogP contribution < -0.4 is 5.32 Å². The van der Waals surface area contributed by atoms with Gasteiger partial charge in [-0.2, -0.15) is 0 Å².